The number of aryl methyl sites for hydroxylation is 2. The number of hydrogen-bond donors (Lipinski definition) is 2. The second-order valence-corrected chi connectivity index (χ2v) is 8.29. The quantitative estimate of drug-likeness (QED) is 0.480. The maximum absolute atomic E-state index is 12.8. The van der Waals surface area contributed by atoms with Crippen molar-refractivity contribution >= 4 is 23.1 Å². The van der Waals surface area contributed by atoms with Crippen molar-refractivity contribution in [2.75, 3.05) is 11.9 Å². The number of aromatic nitrogens is 2. The number of nitrogens with two attached hydrogens (primary N) is 1. The molecule has 0 bridgehead atoms. The number of nitrogens with one attached hydrogen (secondary N) is 1. The van der Waals surface area contributed by atoms with Crippen LogP contribution in [0.3, 0.4) is 0 Å². The van der Waals surface area contributed by atoms with Crippen LogP contribution in [0.4, 0.5) is 5.82 Å². The summed E-state index contributed by atoms with van der Waals surface area (Å²) in [6, 6.07) is 24.5. The minimum absolute atomic E-state index is 0.0549. The molecule has 30 heavy (non-hydrogen) atoms. The normalized spacial score (nSPS) is 11.9. The topological polar surface area (TPSA) is 63.5 Å². The van der Waals surface area contributed by atoms with E-state index in [4.69, 9.17) is 0 Å². The molecule has 2 aromatic carbocycles. The second kappa shape index (κ2) is 9.07. The van der Waals surface area contributed by atoms with Crippen molar-refractivity contribution < 1.29 is 10.1 Å². The van der Waals surface area contributed by atoms with E-state index in [0.29, 0.717) is 12.4 Å². The van der Waals surface area contributed by atoms with E-state index in [1.807, 2.05) is 68.4 Å². The van der Waals surface area contributed by atoms with Gasteiger partial charge in [-0.1, -0.05) is 54.1 Å². The van der Waals surface area contributed by atoms with E-state index >= 15 is 0 Å². The largest absolute Gasteiger partial charge is 0.328 e. The number of rotatable bonds is 7. The fourth-order valence-electron chi connectivity index (χ4n) is 3.44. The third-order valence-corrected chi connectivity index (χ3v) is 5.88. The minimum atomic E-state index is -0.0549. The maximum atomic E-state index is 12.8. The lowest BCUT2D eigenvalue weighted by atomic mass is 10.1. The van der Waals surface area contributed by atoms with Crippen molar-refractivity contribution in [3.8, 4) is 5.69 Å². The molecule has 2 aromatic heterocycles. The highest BCUT2D eigenvalue weighted by atomic mass is 32.1. The molecular weight excluding hydrogens is 392 g/mol. The molecule has 4 rings (SSSR count). The van der Waals surface area contributed by atoms with Crippen LogP contribution in [0.2, 0.25) is 0 Å². The maximum Gasteiger partial charge on any atom is 0.280 e. The molecule has 0 radical (unpaired) electrons. The first-order chi connectivity index (χ1) is 14.6. The van der Waals surface area contributed by atoms with Crippen molar-refractivity contribution in [1.29, 1.82) is 0 Å². The van der Waals surface area contributed by atoms with E-state index in [9.17, 15) is 4.79 Å². The van der Waals surface area contributed by atoms with Crippen molar-refractivity contribution in [2.45, 2.75) is 19.9 Å². The van der Waals surface area contributed by atoms with Crippen molar-refractivity contribution in [2.24, 2.45) is 0 Å². The Morgan fingerprint density at radius 3 is 2.53 bits per heavy atom. The zero-order valence-corrected chi connectivity index (χ0v) is 17.9. The van der Waals surface area contributed by atoms with Gasteiger partial charge in [0.2, 0.25) is 0 Å². The van der Waals surface area contributed by atoms with Gasteiger partial charge in [0.15, 0.2) is 6.54 Å². The monoisotopic (exact) mass is 417 g/mol. The average Bonchev–Trinajstić information content (AvgIpc) is 3.40. The Balaban J connectivity index is 1.48. The molecule has 0 fully saturated rings. The smallest absolute Gasteiger partial charge is 0.280 e. The molecular formula is C24H25N4OS+. The number of amides is 1. The minimum Gasteiger partial charge on any atom is -0.328 e. The summed E-state index contributed by atoms with van der Waals surface area (Å²) in [5, 5.41) is 11.7. The van der Waals surface area contributed by atoms with E-state index in [0.717, 1.165) is 11.4 Å². The first kappa shape index (κ1) is 20.1. The van der Waals surface area contributed by atoms with Gasteiger partial charge in [0.1, 0.15) is 11.9 Å². The van der Waals surface area contributed by atoms with Gasteiger partial charge in [-0.3, -0.25) is 4.79 Å². The van der Waals surface area contributed by atoms with Crippen LogP contribution in [0.1, 0.15) is 27.7 Å². The molecule has 2 heterocycles. The highest BCUT2D eigenvalue weighted by Crippen LogP contribution is 2.22. The first-order valence-electron chi connectivity index (χ1n) is 9.95. The lowest BCUT2D eigenvalue weighted by Crippen LogP contribution is -2.87. The third kappa shape index (κ3) is 4.67. The number of carbonyl (C=O) groups is 1. The van der Waals surface area contributed by atoms with Gasteiger partial charge < -0.3 is 10.6 Å². The summed E-state index contributed by atoms with van der Waals surface area (Å²) in [6.45, 7) is 4.29. The van der Waals surface area contributed by atoms with E-state index in [-0.39, 0.29) is 11.9 Å². The summed E-state index contributed by atoms with van der Waals surface area (Å²) in [7, 11) is 0. The molecule has 0 saturated carbocycles. The molecule has 0 aliphatic heterocycles. The van der Waals surface area contributed by atoms with Crippen LogP contribution in [-0.4, -0.2) is 22.2 Å². The summed E-state index contributed by atoms with van der Waals surface area (Å²) < 4.78 is 1.78. The molecule has 0 unspecified atom stereocenters. The highest BCUT2D eigenvalue weighted by Gasteiger charge is 2.20. The fourth-order valence-corrected chi connectivity index (χ4v) is 4.29. The molecule has 3 N–H and O–H groups in total. The Morgan fingerprint density at radius 2 is 1.83 bits per heavy atom. The molecule has 6 heteroatoms. The first-order valence-corrected chi connectivity index (χ1v) is 10.8. The molecule has 5 nitrogen and oxygen atoms in total. The lowest BCUT2D eigenvalue weighted by Gasteiger charge is -2.15. The lowest BCUT2D eigenvalue weighted by molar-refractivity contribution is -0.675. The Labute approximate surface area is 180 Å². The van der Waals surface area contributed by atoms with E-state index in [1.54, 1.807) is 16.0 Å². The van der Waals surface area contributed by atoms with Crippen LogP contribution in [0.25, 0.3) is 5.69 Å². The van der Waals surface area contributed by atoms with E-state index < -0.39 is 0 Å². The molecule has 0 saturated heterocycles. The van der Waals surface area contributed by atoms with Gasteiger partial charge in [-0.2, -0.15) is 5.10 Å². The van der Waals surface area contributed by atoms with Gasteiger partial charge in [0.05, 0.1) is 16.3 Å². The zero-order valence-electron chi connectivity index (χ0n) is 17.1. The van der Waals surface area contributed by atoms with Crippen LogP contribution in [-0.2, 0) is 4.79 Å². The standard InChI is InChI=1S/C24H24N4OS/c1-17-10-12-20(13-11-17)28-22(15-18(2)27-28)26-23(29)16-25-24(21-9-6-14-30-21)19-7-4-3-5-8-19/h3-15,24-25H,16H2,1-2H3,(H,26,29)/p+1/t24-/m0/s1. The Kier molecular flexibility index (Phi) is 6.07. The summed E-state index contributed by atoms with van der Waals surface area (Å²) >= 11 is 1.71. The highest BCUT2D eigenvalue weighted by molar-refractivity contribution is 7.10. The van der Waals surface area contributed by atoms with Gasteiger partial charge in [-0.15, -0.1) is 11.3 Å². The van der Waals surface area contributed by atoms with Gasteiger partial charge in [0, 0.05) is 11.6 Å². The molecule has 1 atom stereocenters. The molecule has 0 spiro atoms. The predicted octanol–water partition coefficient (Wildman–Crippen LogP) is 3.84. The second-order valence-electron chi connectivity index (χ2n) is 7.31. The van der Waals surface area contributed by atoms with Crippen LogP contribution in [0, 0.1) is 13.8 Å². The molecule has 152 valence electrons. The Morgan fingerprint density at radius 1 is 1.07 bits per heavy atom. The molecule has 0 aliphatic rings. The third-order valence-electron chi connectivity index (χ3n) is 4.92. The number of carbonyl (C=O) groups excluding carboxylic acids is 1. The van der Waals surface area contributed by atoms with Crippen molar-refractivity contribution in [3.05, 3.63) is 99.9 Å². The number of quaternary nitrogens is 1. The Hall–Kier alpha value is -3.22. The van der Waals surface area contributed by atoms with Crippen LogP contribution < -0.4 is 10.6 Å². The number of benzene rings is 2. The van der Waals surface area contributed by atoms with Crippen LogP contribution >= 0.6 is 11.3 Å². The Bertz CT molecular complexity index is 1100. The van der Waals surface area contributed by atoms with Gasteiger partial charge in [-0.25, -0.2) is 4.68 Å². The number of thiophene rings is 1. The predicted molar refractivity (Wildman–Crippen MR) is 121 cm³/mol. The molecule has 0 aliphatic carbocycles. The van der Waals surface area contributed by atoms with Crippen LogP contribution in [0.15, 0.2) is 78.2 Å². The van der Waals surface area contributed by atoms with Gasteiger partial charge in [0.25, 0.3) is 5.91 Å². The van der Waals surface area contributed by atoms with E-state index in [1.165, 1.54) is 16.0 Å². The molecule has 1 amide bonds. The van der Waals surface area contributed by atoms with E-state index in [2.05, 4.69) is 39.3 Å². The van der Waals surface area contributed by atoms with Crippen molar-refractivity contribution in [1.82, 2.24) is 9.78 Å². The number of anilines is 1. The van der Waals surface area contributed by atoms with Gasteiger partial charge in [-0.05, 0) is 37.4 Å². The van der Waals surface area contributed by atoms with Crippen molar-refractivity contribution in [3.63, 3.8) is 0 Å². The summed E-state index contributed by atoms with van der Waals surface area (Å²) in [6.07, 6.45) is 0. The van der Waals surface area contributed by atoms with Gasteiger partial charge >= 0.3 is 0 Å². The summed E-state index contributed by atoms with van der Waals surface area (Å²) in [4.78, 5) is 14.0. The number of nitrogens with zero attached hydrogens (tertiary/aromatic N) is 2. The number of hydrogen-bond acceptors (Lipinski definition) is 3. The summed E-state index contributed by atoms with van der Waals surface area (Å²) in [5.74, 6) is 0.628. The molecule has 4 aromatic rings. The summed E-state index contributed by atoms with van der Waals surface area (Å²) in [5.41, 5.74) is 4.15. The SMILES string of the molecule is Cc1ccc(-n2nc(C)cc2NC(=O)C[NH2+][C@@H](c2ccccc2)c2cccs2)cc1. The zero-order chi connectivity index (χ0) is 20.9. The van der Waals surface area contributed by atoms with Crippen LogP contribution in [0.5, 0.6) is 0 Å². The fraction of sp³-hybridized carbons (Fsp3) is 0.167. The average molecular weight is 418 g/mol.